The molecule has 0 fully saturated rings. The highest BCUT2D eigenvalue weighted by Crippen LogP contribution is 2.24. The highest BCUT2D eigenvalue weighted by atomic mass is 16.3. The number of para-hydroxylation sites is 2. The molecule has 0 bridgehead atoms. The number of amides is 1. The fourth-order valence-corrected chi connectivity index (χ4v) is 3.19. The topological polar surface area (TPSA) is 93.2 Å². The maximum absolute atomic E-state index is 12.4. The molecule has 0 atom stereocenters. The minimum absolute atomic E-state index is 0.209. The van der Waals surface area contributed by atoms with Gasteiger partial charge in [-0.2, -0.15) is 5.10 Å². The van der Waals surface area contributed by atoms with Crippen molar-refractivity contribution in [3.8, 4) is 5.75 Å². The molecule has 4 N–H and O–H groups in total. The summed E-state index contributed by atoms with van der Waals surface area (Å²) in [5.41, 5.74) is 10.3. The van der Waals surface area contributed by atoms with Crippen LogP contribution in [0, 0.1) is 6.92 Å². The first-order chi connectivity index (χ1) is 13.5. The number of phenolic OH excluding ortho intramolecular Hbond substituents is 1. The lowest BCUT2D eigenvalue weighted by Crippen LogP contribution is -2.13. The van der Waals surface area contributed by atoms with Crippen molar-refractivity contribution in [3.05, 3.63) is 83.6 Å². The quantitative estimate of drug-likeness (QED) is 0.473. The van der Waals surface area contributed by atoms with Gasteiger partial charge in [-0.1, -0.05) is 24.3 Å². The average Bonchev–Trinajstić information content (AvgIpc) is 2.99. The Morgan fingerprint density at radius 3 is 2.61 bits per heavy atom. The van der Waals surface area contributed by atoms with Gasteiger partial charge in [0.15, 0.2) is 0 Å². The predicted octanol–water partition coefficient (Wildman–Crippen LogP) is 3.93. The Bertz CT molecular complexity index is 1160. The Kier molecular flexibility index (Phi) is 4.45. The van der Waals surface area contributed by atoms with E-state index >= 15 is 0 Å². The molecule has 0 saturated carbocycles. The normalized spacial score (nSPS) is 10.9. The molecule has 140 valence electrons. The van der Waals surface area contributed by atoms with Crippen LogP contribution in [0.25, 0.3) is 10.9 Å². The Morgan fingerprint density at radius 2 is 1.86 bits per heavy atom. The van der Waals surface area contributed by atoms with Gasteiger partial charge in [0.1, 0.15) is 5.75 Å². The molecule has 0 unspecified atom stereocenters. The van der Waals surface area contributed by atoms with Crippen LogP contribution in [0.5, 0.6) is 5.75 Å². The van der Waals surface area contributed by atoms with Crippen LogP contribution in [0.2, 0.25) is 0 Å². The van der Waals surface area contributed by atoms with Gasteiger partial charge in [-0.15, -0.1) is 0 Å². The molecule has 6 heteroatoms. The van der Waals surface area contributed by atoms with Gasteiger partial charge in [0, 0.05) is 17.0 Å². The fraction of sp³-hybridized carbons (Fsp3) is 0.0909. The molecule has 0 aliphatic carbocycles. The number of hydrogen-bond donors (Lipinski definition) is 3. The first-order valence-corrected chi connectivity index (χ1v) is 8.92. The van der Waals surface area contributed by atoms with Gasteiger partial charge in [-0.05, 0) is 48.9 Å². The smallest absolute Gasteiger partial charge is 0.255 e. The fourth-order valence-electron chi connectivity index (χ4n) is 3.19. The van der Waals surface area contributed by atoms with Crippen molar-refractivity contribution >= 4 is 28.2 Å². The van der Waals surface area contributed by atoms with Gasteiger partial charge in [-0.25, -0.2) is 0 Å². The van der Waals surface area contributed by atoms with E-state index in [1.165, 1.54) is 0 Å². The average molecular weight is 372 g/mol. The first-order valence-electron chi connectivity index (χ1n) is 8.92. The third-order valence-corrected chi connectivity index (χ3v) is 4.68. The highest BCUT2D eigenvalue weighted by Gasteiger charge is 2.10. The van der Waals surface area contributed by atoms with Crippen molar-refractivity contribution in [1.29, 1.82) is 0 Å². The summed E-state index contributed by atoms with van der Waals surface area (Å²) in [5, 5.41) is 18.2. The largest absolute Gasteiger partial charge is 0.508 e. The molecule has 1 amide bonds. The molecule has 0 spiro atoms. The van der Waals surface area contributed by atoms with E-state index in [1.807, 2.05) is 41.9 Å². The molecule has 1 aromatic heterocycles. The van der Waals surface area contributed by atoms with Gasteiger partial charge in [0.05, 0.1) is 29.1 Å². The number of aromatic hydroxyl groups is 1. The van der Waals surface area contributed by atoms with E-state index in [0.29, 0.717) is 23.5 Å². The molecule has 0 aliphatic heterocycles. The Labute approximate surface area is 162 Å². The summed E-state index contributed by atoms with van der Waals surface area (Å²) >= 11 is 0. The Hall–Kier alpha value is -3.80. The van der Waals surface area contributed by atoms with Crippen molar-refractivity contribution in [2.24, 2.45) is 0 Å². The number of nitrogens with two attached hydrogens (primary N) is 1. The van der Waals surface area contributed by atoms with E-state index in [9.17, 15) is 9.90 Å². The molecular formula is C22H20N4O2. The number of fused-ring (bicyclic) bond motifs is 1. The molecule has 0 saturated heterocycles. The lowest BCUT2D eigenvalue weighted by Gasteiger charge is -2.09. The molecule has 0 aliphatic rings. The number of carbonyl (C=O) groups excluding carboxylic acids is 1. The molecule has 1 heterocycles. The lowest BCUT2D eigenvalue weighted by atomic mass is 10.1. The third-order valence-electron chi connectivity index (χ3n) is 4.68. The van der Waals surface area contributed by atoms with Gasteiger partial charge in [0.2, 0.25) is 0 Å². The summed E-state index contributed by atoms with van der Waals surface area (Å²) in [7, 11) is 0. The zero-order chi connectivity index (χ0) is 19.7. The highest BCUT2D eigenvalue weighted by molar-refractivity contribution is 6.05. The number of phenols is 1. The lowest BCUT2D eigenvalue weighted by molar-refractivity contribution is 0.102. The van der Waals surface area contributed by atoms with Crippen molar-refractivity contribution in [2.45, 2.75) is 13.5 Å². The molecule has 4 aromatic rings. The van der Waals surface area contributed by atoms with Crippen molar-refractivity contribution in [3.63, 3.8) is 0 Å². The number of hydrogen-bond acceptors (Lipinski definition) is 4. The van der Waals surface area contributed by atoms with Crippen LogP contribution in [-0.4, -0.2) is 20.8 Å². The minimum atomic E-state index is -0.213. The molecule has 4 rings (SSSR count). The van der Waals surface area contributed by atoms with Crippen LogP contribution in [0.1, 0.15) is 21.6 Å². The van der Waals surface area contributed by atoms with Gasteiger partial charge >= 0.3 is 0 Å². The van der Waals surface area contributed by atoms with Crippen molar-refractivity contribution in [2.75, 3.05) is 11.1 Å². The second-order valence-electron chi connectivity index (χ2n) is 6.68. The molecule has 3 aromatic carbocycles. The zero-order valence-electron chi connectivity index (χ0n) is 15.4. The number of aryl methyl sites for hydroxylation is 1. The monoisotopic (exact) mass is 372 g/mol. The van der Waals surface area contributed by atoms with E-state index in [2.05, 4.69) is 10.4 Å². The predicted molar refractivity (Wildman–Crippen MR) is 110 cm³/mol. The number of aromatic nitrogens is 2. The number of benzene rings is 3. The number of nitrogens with zero attached hydrogens (tertiary/aromatic N) is 2. The van der Waals surface area contributed by atoms with Gasteiger partial charge < -0.3 is 16.2 Å². The van der Waals surface area contributed by atoms with Crippen LogP contribution in [0.4, 0.5) is 11.4 Å². The summed E-state index contributed by atoms with van der Waals surface area (Å²) in [6, 6.07) is 19.7. The van der Waals surface area contributed by atoms with Gasteiger partial charge in [0.25, 0.3) is 5.91 Å². The minimum Gasteiger partial charge on any atom is -0.508 e. The summed E-state index contributed by atoms with van der Waals surface area (Å²) in [5.74, 6) is -0.00407. The summed E-state index contributed by atoms with van der Waals surface area (Å²) in [6.07, 6.45) is 0. The second-order valence-corrected chi connectivity index (χ2v) is 6.68. The number of rotatable bonds is 4. The summed E-state index contributed by atoms with van der Waals surface area (Å²) < 4.78 is 1.85. The van der Waals surface area contributed by atoms with Crippen LogP contribution in [0.15, 0.2) is 66.7 Å². The molecule has 6 nitrogen and oxygen atoms in total. The van der Waals surface area contributed by atoms with Crippen molar-refractivity contribution in [1.82, 2.24) is 9.78 Å². The molecule has 0 radical (unpaired) electrons. The molecule has 28 heavy (non-hydrogen) atoms. The standard InChI is InChI=1S/C22H20N4O2/c1-14-18-11-10-17(27)12-21(18)26(25-14)13-15-6-8-16(9-7-15)22(28)24-20-5-3-2-4-19(20)23/h2-12,27H,13,23H2,1H3,(H,24,28). The number of nitrogens with one attached hydrogen (secondary N) is 1. The third kappa shape index (κ3) is 3.40. The first kappa shape index (κ1) is 17.6. The Balaban J connectivity index is 1.53. The number of nitrogen functional groups attached to an aromatic ring is 1. The maximum atomic E-state index is 12.4. The summed E-state index contributed by atoms with van der Waals surface area (Å²) in [6.45, 7) is 2.49. The van der Waals surface area contributed by atoms with Crippen molar-refractivity contribution < 1.29 is 9.90 Å². The maximum Gasteiger partial charge on any atom is 0.255 e. The second kappa shape index (κ2) is 7.08. The van der Waals surface area contributed by atoms with Gasteiger partial charge in [-0.3, -0.25) is 9.48 Å². The molecular weight excluding hydrogens is 352 g/mol. The zero-order valence-corrected chi connectivity index (χ0v) is 15.4. The SMILES string of the molecule is Cc1nn(Cc2ccc(C(=O)Nc3ccccc3N)cc2)c2cc(O)ccc12. The van der Waals surface area contributed by atoms with Crippen LogP contribution in [0.3, 0.4) is 0 Å². The number of anilines is 2. The van der Waals surface area contributed by atoms with Crippen LogP contribution >= 0.6 is 0 Å². The van der Waals surface area contributed by atoms with E-state index in [0.717, 1.165) is 22.2 Å². The van der Waals surface area contributed by atoms with Crippen LogP contribution < -0.4 is 11.1 Å². The number of carbonyl (C=O) groups is 1. The van der Waals surface area contributed by atoms with E-state index in [1.54, 1.807) is 36.4 Å². The van der Waals surface area contributed by atoms with E-state index in [4.69, 9.17) is 5.73 Å². The summed E-state index contributed by atoms with van der Waals surface area (Å²) in [4.78, 5) is 12.4. The van der Waals surface area contributed by atoms with E-state index < -0.39 is 0 Å². The Morgan fingerprint density at radius 1 is 1.11 bits per heavy atom. The van der Waals surface area contributed by atoms with E-state index in [-0.39, 0.29) is 11.7 Å². The van der Waals surface area contributed by atoms with Crippen LogP contribution in [-0.2, 0) is 6.54 Å².